The van der Waals surface area contributed by atoms with Gasteiger partial charge in [0.15, 0.2) is 0 Å². The number of hydrogen-bond acceptors (Lipinski definition) is 4. The molecule has 1 aromatic heterocycles. The molecule has 1 fully saturated rings. The molecule has 5 heteroatoms. The monoisotopic (exact) mass is 297 g/mol. The Morgan fingerprint density at radius 2 is 1.82 bits per heavy atom. The maximum Gasteiger partial charge on any atom is 0.253 e. The third-order valence-corrected chi connectivity index (χ3v) is 3.99. The quantitative estimate of drug-likeness (QED) is 0.809. The van der Waals surface area contributed by atoms with E-state index < -0.39 is 11.6 Å². The van der Waals surface area contributed by atoms with Crippen molar-refractivity contribution in [3.63, 3.8) is 0 Å². The fourth-order valence-electron chi connectivity index (χ4n) is 2.70. The topological polar surface area (TPSA) is 66.1 Å². The number of carbonyl (C=O) groups excluding carboxylic acids is 2. The van der Waals surface area contributed by atoms with Gasteiger partial charge in [-0.1, -0.05) is 24.3 Å². The molecule has 0 radical (unpaired) electrons. The Bertz CT molecular complexity index is 689. The number of imidazole rings is 1. The lowest BCUT2D eigenvalue weighted by atomic mass is 10.0. The number of rotatable bonds is 1. The van der Waals surface area contributed by atoms with Crippen molar-refractivity contribution in [3.05, 3.63) is 41.3 Å². The number of ketones is 2. The van der Waals surface area contributed by atoms with E-state index in [1.165, 1.54) is 6.42 Å². The zero-order valence-corrected chi connectivity index (χ0v) is 12.6. The van der Waals surface area contributed by atoms with Crippen molar-refractivity contribution >= 4 is 23.6 Å². The molecule has 1 N–H and O–H groups in total. The van der Waals surface area contributed by atoms with Gasteiger partial charge in [-0.25, -0.2) is 4.98 Å². The molecule has 0 saturated carbocycles. The van der Waals surface area contributed by atoms with Gasteiger partial charge in [0.1, 0.15) is 5.69 Å². The highest BCUT2D eigenvalue weighted by atomic mass is 16.2. The zero-order chi connectivity index (χ0) is 15.5. The number of allylic oxidation sites excluding steroid dienone is 5. The molecule has 5 nitrogen and oxygen atoms in total. The lowest BCUT2D eigenvalue weighted by Crippen LogP contribution is -2.30. The van der Waals surface area contributed by atoms with Crippen LogP contribution in [-0.4, -0.2) is 34.6 Å². The standard InChI is InChI=1S/C17H19N3O2/c1-12-8-4-2-5-9-13-14(16(22)15(12)21)19-17(18-13)20-10-6-3-7-11-20/h2,4-5,8-9H,3,6-7,10-11H2,1H3,(H,18,19)/b4-2-,9-5+,12-8+. The van der Waals surface area contributed by atoms with E-state index in [9.17, 15) is 9.59 Å². The number of anilines is 1. The maximum atomic E-state index is 12.4. The molecule has 0 amide bonds. The van der Waals surface area contributed by atoms with Gasteiger partial charge in [0.05, 0.1) is 5.69 Å². The van der Waals surface area contributed by atoms with Crippen LogP contribution < -0.4 is 4.90 Å². The summed E-state index contributed by atoms with van der Waals surface area (Å²) in [5.74, 6) is -0.374. The molecule has 3 rings (SSSR count). The molecule has 114 valence electrons. The van der Waals surface area contributed by atoms with Crippen LogP contribution in [0.3, 0.4) is 0 Å². The Balaban J connectivity index is 2.01. The molecular weight excluding hydrogens is 278 g/mol. The first-order valence-electron chi connectivity index (χ1n) is 7.62. The fourth-order valence-corrected chi connectivity index (χ4v) is 2.70. The van der Waals surface area contributed by atoms with Crippen molar-refractivity contribution < 1.29 is 9.59 Å². The van der Waals surface area contributed by atoms with Crippen molar-refractivity contribution in [2.75, 3.05) is 18.0 Å². The minimum atomic E-state index is -0.553. The molecule has 22 heavy (non-hydrogen) atoms. The second-order valence-electron chi connectivity index (χ2n) is 5.62. The smallest absolute Gasteiger partial charge is 0.253 e. The van der Waals surface area contributed by atoms with Crippen LogP contribution in [0.15, 0.2) is 29.9 Å². The van der Waals surface area contributed by atoms with Gasteiger partial charge in [0.25, 0.3) is 5.78 Å². The summed E-state index contributed by atoms with van der Waals surface area (Å²) >= 11 is 0. The van der Waals surface area contributed by atoms with Crippen LogP contribution in [-0.2, 0) is 4.79 Å². The number of piperidine rings is 1. The number of Topliss-reactive ketones (excluding diaryl/α,β-unsaturated/α-hetero) is 2. The Hall–Kier alpha value is -2.43. The summed E-state index contributed by atoms with van der Waals surface area (Å²) < 4.78 is 0. The molecular formula is C17H19N3O2. The Kier molecular flexibility index (Phi) is 4.04. The first kappa shape index (κ1) is 14.5. The molecule has 1 aliphatic heterocycles. The SMILES string of the molecule is C\C1=C/C=C\C=C\c2[nH]c(N3CCCCC3)nc2C(=O)C1=O. The van der Waals surface area contributed by atoms with Gasteiger partial charge in [-0.05, 0) is 32.3 Å². The Morgan fingerprint density at radius 3 is 2.59 bits per heavy atom. The molecule has 1 saturated heterocycles. The van der Waals surface area contributed by atoms with Crippen molar-refractivity contribution in [1.29, 1.82) is 0 Å². The number of carbonyl (C=O) groups is 2. The summed E-state index contributed by atoms with van der Waals surface area (Å²) in [4.78, 5) is 34.3. The van der Waals surface area contributed by atoms with Gasteiger partial charge in [-0.2, -0.15) is 0 Å². The van der Waals surface area contributed by atoms with E-state index in [0.29, 0.717) is 17.2 Å². The van der Waals surface area contributed by atoms with Gasteiger partial charge >= 0.3 is 0 Å². The molecule has 2 aliphatic rings. The zero-order valence-electron chi connectivity index (χ0n) is 12.6. The first-order valence-corrected chi connectivity index (χ1v) is 7.62. The molecule has 2 heterocycles. The van der Waals surface area contributed by atoms with Crippen LogP contribution in [0.1, 0.15) is 42.4 Å². The van der Waals surface area contributed by atoms with Gasteiger partial charge in [0, 0.05) is 18.7 Å². The minimum absolute atomic E-state index is 0.213. The summed E-state index contributed by atoms with van der Waals surface area (Å²) in [6, 6.07) is 0. The molecule has 1 aliphatic carbocycles. The van der Waals surface area contributed by atoms with Crippen molar-refractivity contribution in [3.8, 4) is 0 Å². The number of nitrogens with zero attached hydrogens (tertiary/aromatic N) is 2. The van der Waals surface area contributed by atoms with E-state index in [1.54, 1.807) is 25.2 Å². The normalized spacial score (nSPS) is 24.4. The molecule has 0 bridgehead atoms. The Labute approximate surface area is 129 Å². The van der Waals surface area contributed by atoms with Crippen LogP contribution in [0.2, 0.25) is 0 Å². The molecule has 1 aromatic rings. The number of aromatic amines is 1. The average molecular weight is 297 g/mol. The number of nitrogens with one attached hydrogen (secondary N) is 1. The number of hydrogen-bond donors (Lipinski definition) is 1. The molecule has 0 spiro atoms. The summed E-state index contributed by atoms with van der Waals surface area (Å²) in [6.07, 6.45) is 12.3. The van der Waals surface area contributed by atoms with Crippen LogP contribution in [0.5, 0.6) is 0 Å². The van der Waals surface area contributed by atoms with Crippen molar-refractivity contribution in [2.24, 2.45) is 0 Å². The molecule has 0 aromatic carbocycles. The Morgan fingerprint density at radius 1 is 1.05 bits per heavy atom. The lowest BCUT2D eigenvalue weighted by molar-refractivity contribution is -0.111. The van der Waals surface area contributed by atoms with E-state index in [1.807, 2.05) is 12.2 Å². The van der Waals surface area contributed by atoms with E-state index in [2.05, 4.69) is 14.9 Å². The van der Waals surface area contributed by atoms with Crippen LogP contribution in [0.4, 0.5) is 5.95 Å². The third-order valence-electron chi connectivity index (χ3n) is 3.99. The van der Waals surface area contributed by atoms with Crippen molar-refractivity contribution in [2.45, 2.75) is 26.2 Å². The second-order valence-corrected chi connectivity index (χ2v) is 5.62. The summed E-state index contributed by atoms with van der Waals surface area (Å²) in [7, 11) is 0. The highest BCUT2D eigenvalue weighted by molar-refractivity contribution is 6.49. The minimum Gasteiger partial charge on any atom is -0.342 e. The van der Waals surface area contributed by atoms with Crippen LogP contribution in [0.25, 0.3) is 6.08 Å². The third kappa shape index (κ3) is 2.79. The van der Waals surface area contributed by atoms with E-state index >= 15 is 0 Å². The summed E-state index contributed by atoms with van der Waals surface area (Å²) in [6.45, 7) is 3.50. The average Bonchev–Trinajstić information content (AvgIpc) is 2.97. The fraction of sp³-hybridized carbons (Fsp3) is 0.353. The van der Waals surface area contributed by atoms with Crippen molar-refractivity contribution in [1.82, 2.24) is 9.97 Å². The number of fused-ring (bicyclic) bond motifs is 1. The van der Waals surface area contributed by atoms with Gasteiger partial charge in [-0.3, -0.25) is 9.59 Å². The largest absolute Gasteiger partial charge is 0.342 e. The predicted octanol–water partition coefficient (Wildman–Crippen LogP) is 2.68. The van der Waals surface area contributed by atoms with Gasteiger partial charge in [0.2, 0.25) is 11.7 Å². The van der Waals surface area contributed by atoms with Gasteiger partial charge in [-0.15, -0.1) is 0 Å². The molecule has 0 atom stereocenters. The number of H-pyrrole nitrogens is 1. The maximum absolute atomic E-state index is 12.4. The van der Waals surface area contributed by atoms with E-state index in [-0.39, 0.29) is 5.69 Å². The summed E-state index contributed by atoms with van der Waals surface area (Å²) in [5.41, 5.74) is 1.23. The highest BCUT2D eigenvalue weighted by Crippen LogP contribution is 2.21. The van der Waals surface area contributed by atoms with E-state index in [0.717, 1.165) is 25.9 Å². The second kappa shape index (κ2) is 6.13. The summed E-state index contributed by atoms with van der Waals surface area (Å²) in [5, 5.41) is 0. The molecule has 0 unspecified atom stereocenters. The lowest BCUT2D eigenvalue weighted by Gasteiger charge is -2.25. The van der Waals surface area contributed by atoms with Crippen LogP contribution >= 0.6 is 0 Å². The van der Waals surface area contributed by atoms with Crippen LogP contribution in [0, 0.1) is 0 Å². The highest BCUT2D eigenvalue weighted by Gasteiger charge is 2.25. The first-order chi connectivity index (χ1) is 10.7. The number of aromatic nitrogens is 2. The predicted molar refractivity (Wildman–Crippen MR) is 85.9 cm³/mol. The van der Waals surface area contributed by atoms with Gasteiger partial charge < -0.3 is 9.88 Å². The van der Waals surface area contributed by atoms with E-state index in [4.69, 9.17) is 0 Å².